The predicted molar refractivity (Wildman–Crippen MR) is 49.4 cm³/mol. The highest BCUT2D eigenvalue weighted by atomic mass is 35.5. The maximum Gasteiger partial charge on any atom is 0.330 e. The van der Waals surface area contributed by atoms with Crippen LogP contribution in [-0.2, 0) is 4.79 Å². The zero-order valence-corrected chi connectivity index (χ0v) is 8.08. The molecule has 0 aromatic carbocycles. The Balaban J connectivity index is 0. The van der Waals surface area contributed by atoms with E-state index in [4.69, 9.17) is 27.1 Å². The van der Waals surface area contributed by atoms with Crippen molar-refractivity contribution in [2.75, 3.05) is 5.88 Å². The molecule has 0 aliphatic carbocycles. The quantitative estimate of drug-likeness (QED) is 0.535. The Kier molecular flexibility index (Phi) is 10.1. The number of hydrogen-bond acceptors (Lipinski definition) is 3. The number of aliphatic hydroxyl groups is 1. The van der Waals surface area contributed by atoms with Crippen LogP contribution in [0.3, 0.4) is 0 Å². The fourth-order valence-electron chi connectivity index (χ4n) is 0.160. The number of carboxylic acids is 1. The summed E-state index contributed by atoms with van der Waals surface area (Å²) < 4.78 is 0. The summed E-state index contributed by atoms with van der Waals surface area (Å²) in [5.41, 5.74) is 0.176. The molecule has 4 nitrogen and oxygen atoms in total. The van der Waals surface area contributed by atoms with Gasteiger partial charge in [-0.3, -0.25) is 0 Å². The number of halogens is 1. The highest BCUT2D eigenvalue weighted by molar-refractivity contribution is 6.18. The lowest BCUT2D eigenvalue weighted by molar-refractivity contribution is -0.132. The molecule has 0 aliphatic rings. The van der Waals surface area contributed by atoms with Gasteiger partial charge in [0, 0.05) is 11.5 Å². The Morgan fingerprint density at radius 3 is 2.23 bits per heavy atom. The molecule has 1 atom stereocenters. The largest absolute Gasteiger partial charge is 0.478 e. The van der Waals surface area contributed by atoms with Gasteiger partial charge in [-0.05, 0) is 6.92 Å². The Bertz CT molecular complexity index is 198. The fraction of sp³-hybridized carbons (Fsp3) is 0.500. The van der Waals surface area contributed by atoms with Crippen molar-refractivity contribution in [1.82, 2.24) is 0 Å². The van der Waals surface area contributed by atoms with Gasteiger partial charge in [-0.1, -0.05) is 6.58 Å². The van der Waals surface area contributed by atoms with Crippen LogP contribution in [0.25, 0.3) is 0 Å². The van der Waals surface area contributed by atoms with Crippen LogP contribution < -0.4 is 0 Å². The van der Waals surface area contributed by atoms with E-state index in [1.54, 1.807) is 6.07 Å². The van der Waals surface area contributed by atoms with Crippen LogP contribution in [0.15, 0.2) is 12.2 Å². The highest BCUT2D eigenvalue weighted by Gasteiger charge is 1.96. The molecule has 0 saturated carbocycles. The molecule has 0 spiro atoms. The van der Waals surface area contributed by atoms with E-state index < -0.39 is 12.1 Å². The van der Waals surface area contributed by atoms with Gasteiger partial charge in [0.2, 0.25) is 0 Å². The minimum Gasteiger partial charge on any atom is -0.478 e. The molecular weight excluding hydrogens is 194 g/mol. The molecule has 0 heterocycles. The van der Waals surface area contributed by atoms with Crippen LogP contribution in [0.2, 0.25) is 0 Å². The molecule has 0 rings (SSSR count). The lowest BCUT2D eigenvalue weighted by Gasteiger charge is -1.94. The van der Waals surface area contributed by atoms with Gasteiger partial charge in [-0.15, -0.1) is 11.6 Å². The predicted octanol–water partition coefficient (Wildman–Crippen LogP) is 1.15. The average Bonchev–Trinajstić information content (AvgIpc) is 2.05. The lowest BCUT2D eigenvalue weighted by atomic mass is 10.3. The van der Waals surface area contributed by atoms with E-state index in [1.807, 2.05) is 0 Å². The minimum absolute atomic E-state index is 0.128. The van der Waals surface area contributed by atoms with Crippen molar-refractivity contribution in [3.63, 3.8) is 0 Å². The van der Waals surface area contributed by atoms with Crippen LogP contribution in [0.1, 0.15) is 13.3 Å². The van der Waals surface area contributed by atoms with E-state index in [0.717, 1.165) is 0 Å². The number of nitriles is 1. The molecule has 0 fully saturated rings. The fourth-order valence-corrected chi connectivity index (χ4v) is 0.269. The molecule has 0 aromatic heterocycles. The van der Waals surface area contributed by atoms with Crippen molar-refractivity contribution < 1.29 is 15.0 Å². The van der Waals surface area contributed by atoms with E-state index in [9.17, 15) is 4.79 Å². The second-order valence-corrected chi connectivity index (χ2v) is 2.56. The van der Waals surface area contributed by atoms with Crippen LogP contribution >= 0.6 is 11.6 Å². The first-order valence-corrected chi connectivity index (χ1v) is 3.98. The minimum atomic E-state index is -0.935. The Morgan fingerprint density at radius 2 is 2.15 bits per heavy atom. The van der Waals surface area contributed by atoms with Gasteiger partial charge in [-0.25, -0.2) is 4.79 Å². The third-order valence-corrected chi connectivity index (χ3v) is 1.23. The Labute approximate surface area is 82.1 Å². The molecular formula is C8H12ClNO3. The van der Waals surface area contributed by atoms with Crippen molar-refractivity contribution in [3.8, 4) is 6.07 Å². The summed E-state index contributed by atoms with van der Waals surface area (Å²) in [6, 6.07) is 1.78. The monoisotopic (exact) mass is 205 g/mol. The Morgan fingerprint density at radius 1 is 1.77 bits per heavy atom. The van der Waals surface area contributed by atoms with Crippen molar-refractivity contribution in [2.24, 2.45) is 0 Å². The van der Waals surface area contributed by atoms with Gasteiger partial charge >= 0.3 is 5.97 Å². The zero-order chi connectivity index (χ0) is 10.9. The first-order chi connectivity index (χ1) is 5.95. The van der Waals surface area contributed by atoms with E-state index in [-0.39, 0.29) is 17.9 Å². The molecule has 0 saturated heterocycles. The molecule has 0 bridgehead atoms. The van der Waals surface area contributed by atoms with Crippen molar-refractivity contribution in [2.45, 2.75) is 19.4 Å². The summed E-state index contributed by atoms with van der Waals surface area (Å²) in [6.07, 6.45) is -0.518. The third-order valence-electron chi connectivity index (χ3n) is 0.870. The smallest absolute Gasteiger partial charge is 0.330 e. The number of aliphatic carboxylic acids is 1. The summed E-state index contributed by atoms with van der Waals surface area (Å²) in [5.74, 6) is -0.789. The van der Waals surface area contributed by atoms with Crippen molar-refractivity contribution in [1.29, 1.82) is 5.26 Å². The standard InChI is InChI=1S/C4H6ClNO.C4H6O2/c5-3-4(7)1-2-6;1-3(2)4(5)6/h4,7H,1,3H2;1H2,2H3,(H,5,6). The van der Waals surface area contributed by atoms with Crippen LogP contribution in [-0.4, -0.2) is 28.2 Å². The Hall–Kier alpha value is -1.05. The number of aliphatic hydroxyl groups excluding tert-OH is 1. The highest BCUT2D eigenvalue weighted by Crippen LogP contribution is 1.90. The number of rotatable bonds is 3. The van der Waals surface area contributed by atoms with Crippen LogP contribution in [0.4, 0.5) is 0 Å². The van der Waals surface area contributed by atoms with Gasteiger partial charge in [-0.2, -0.15) is 5.26 Å². The second-order valence-electron chi connectivity index (χ2n) is 2.26. The van der Waals surface area contributed by atoms with Gasteiger partial charge in [0.05, 0.1) is 18.6 Å². The van der Waals surface area contributed by atoms with E-state index in [0.29, 0.717) is 0 Å². The van der Waals surface area contributed by atoms with E-state index in [2.05, 4.69) is 6.58 Å². The molecule has 0 aromatic rings. The van der Waals surface area contributed by atoms with Gasteiger partial charge in [0.1, 0.15) is 0 Å². The molecule has 74 valence electrons. The van der Waals surface area contributed by atoms with Gasteiger partial charge in [0.25, 0.3) is 0 Å². The first kappa shape index (κ1) is 14.5. The number of carbonyl (C=O) groups is 1. The molecule has 0 radical (unpaired) electrons. The van der Waals surface area contributed by atoms with E-state index in [1.165, 1.54) is 6.92 Å². The van der Waals surface area contributed by atoms with Crippen molar-refractivity contribution in [3.05, 3.63) is 12.2 Å². The van der Waals surface area contributed by atoms with Crippen molar-refractivity contribution >= 4 is 17.6 Å². The molecule has 0 amide bonds. The summed E-state index contributed by atoms with van der Waals surface area (Å²) in [4.78, 5) is 9.60. The molecule has 2 N–H and O–H groups in total. The maximum absolute atomic E-state index is 9.60. The van der Waals surface area contributed by atoms with Gasteiger partial charge in [0.15, 0.2) is 0 Å². The number of carboxylic acid groups (broad SMARTS) is 1. The molecule has 0 aliphatic heterocycles. The molecule has 1 unspecified atom stereocenters. The van der Waals surface area contributed by atoms with E-state index >= 15 is 0 Å². The molecule has 13 heavy (non-hydrogen) atoms. The first-order valence-electron chi connectivity index (χ1n) is 3.45. The zero-order valence-electron chi connectivity index (χ0n) is 7.33. The average molecular weight is 206 g/mol. The number of hydrogen-bond donors (Lipinski definition) is 2. The SMILES string of the molecule is C=C(C)C(=O)O.N#CCC(O)CCl. The number of alkyl halides is 1. The van der Waals surface area contributed by atoms with Crippen LogP contribution in [0, 0.1) is 11.3 Å². The lowest BCUT2D eigenvalue weighted by Crippen LogP contribution is -2.05. The summed E-state index contributed by atoms with van der Waals surface area (Å²) >= 11 is 5.13. The maximum atomic E-state index is 9.60. The van der Waals surface area contributed by atoms with Gasteiger partial charge < -0.3 is 10.2 Å². The second kappa shape index (κ2) is 9.04. The molecule has 5 heteroatoms. The summed E-state index contributed by atoms with van der Waals surface area (Å²) in [7, 11) is 0. The third kappa shape index (κ3) is 13.9. The normalized spacial score (nSPS) is 10.3. The summed E-state index contributed by atoms with van der Waals surface area (Å²) in [6.45, 7) is 4.60. The summed E-state index contributed by atoms with van der Waals surface area (Å²) in [5, 5.41) is 24.3. The number of nitrogens with zero attached hydrogens (tertiary/aromatic N) is 1. The van der Waals surface area contributed by atoms with Crippen LogP contribution in [0.5, 0.6) is 0 Å². The topological polar surface area (TPSA) is 81.3 Å².